The average Bonchev–Trinajstić information content (AvgIpc) is 2.25. The second-order valence-electron chi connectivity index (χ2n) is 3.65. The van der Waals surface area contributed by atoms with Gasteiger partial charge < -0.3 is 5.32 Å². The number of hydrogen-bond donors (Lipinski definition) is 1. The first-order valence-electron chi connectivity index (χ1n) is 5.21. The molecule has 0 aliphatic heterocycles. The van der Waals surface area contributed by atoms with E-state index in [9.17, 15) is 4.79 Å². The summed E-state index contributed by atoms with van der Waals surface area (Å²) in [5.74, 6) is 0.502. The van der Waals surface area contributed by atoms with Crippen LogP contribution in [0.2, 0.25) is 0 Å². The smallest absolute Gasteiger partial charge is 0.230 e. The minimum Gasteiger partial charge on any atom is -0.352 e. The molecular weight excluding hydrogens is 218 g/mol. The molecule has 0 saturated heterocycles. The molecule has 1 aromatic rings. The van der Waals surface area contributed by atoms with Crippen LogP contribution in [0.4, 0.5) is 0 Å². The van der Waals surface area contributed by atoms with Crippen LogP contribution in [-0.2, 0) is 4.79 Å². The fraction of sp³-hybridized carbons (Fsp3) is 0.308. The average molecular weight is 235 g/mol. The van der Waals surface area contributed by atoms with E-state index in [4.69, 9.17) is 0 Å². The first kappa shape index (κ1) is 12.8. The fourth-order valence-electron chi connectivity index (χ4n) is 1.34. The van der Waals surface area contributed by atoms with Crippen molar-refractivity contribution in [1.82, 2.24) is 5.32 Å². The molecule has 3 heteroatoms. The van der Waals surface area contributed by atoms with Crippen molar-refractivity contribution in [2.75, 3.05) is 12.3 Å². The van der Waals surface area contributed by atoms with E-state index in [0.717, 1.165) is 0 Å². The summed E-state index contributed by atoms with van der Waals surface area (Å²) in [5, 5.41) is 2.76. The molecule has 0 spiro atoms. The Morgan fingerprint density at radius 3 is 2.88 bits per heavy atom. The molecule has 0 bridgehead atoms. The highest BCUT2D eigenvalue weighted by Gasteiger charge is 2.03. The molecule has 0 unspecified atom stereocenters. The van der Waals surface area contributed by atoms with Gasteiger partial charge in [0, 0.05) is 11.4 Å². The normalized spacial score (nSPS) is 9.88. The van der Waals surface area contributed by atoms with E-state index < -0.39 is 0 Å². The molecule has 0 saturated carbocycles. The first-order valence-corrected chi connectivity index (χ1v) is 6.19. The summed E-state index contributed by atoms with van der Waals surface area (Å²) in [6.45, 7) is 8.22. The molecule has 0 atom stereocenters. The van der Waals surface area contributed by atoms with Gasteiger partial charge in [0.25, 0.3) is 0 Å². The largest absolute Gasteiger partial charge is 0.352 e. The van der Waals surface area contributed by atoms with Crippen LogP contribution in [0.1, 0.15) is 11.1 Å². The molecule has 16 heavy (non-hydrogen) atoms. The molecule has 2 nitrogen and oxygen atoms in total. The van der Waals surface area contributed by atoms with Crippen LogP contribution in [0.5, 0.6) is 0 Å². The highest BCUT2D eigenvalue weighted by molar-refractivity contribution is 8.00. The van der Waals surface area contributed by atoms with Gasteiger partial charge >= 0.3 is 0 Å². The van der Waals surface area contributed by atoms with Gasteiger partial charge in [0.05, 0.1) is 5.75 Å². The molecule has 1 amide bonds. The zero-order valence-electron chi connectivity index (χ0n) is 9.75. The predicted octanol–water partition coefficient (Wildman–Crippen LogP) is 2.70. The fourth-order valence-corrected chi connectivity index (χ4v) is 2.18. The Labute approximate surface area is 101 Å². The maximum Gasteiger partial charge on any atom is 0.230 e. The molecular formula is C13H17NOS. The second kappa shape index (κ2) is 6.38. The van der Waals surface area contributed by atoms with Gasteiger partial charge in [-0.1, -0.05) is 23.8 Å². The lowest BCUT2D eigenvalue weighted by molar-refractivity contribution is -0.118. The summed E-state index contributed by atoms with van der Waals surface area (Å²) >= 11 is 1.57. The zero-order valence-corrected chi connectivity index (χ0v) is 10.6. The Hall–Kier alpha value is -1.22. The number of carbonyl (C=O) groups excluding carboxylic acids is 1. The Kier molecular flexibility index (Phi) is 5.12. The molecule has 0 aromatic heterocycles. The van der Waals surface area contributed by atoms with Crippen LogP contribution in [0.25, 0.3) is 0 Å². The topological polar surface area (TPSA) is 29.1 Å². The van der Waals surface area contributed by atoms with Crippen LogP contribution in [0.3, 0.4) is 0 Å². The minimum atomic E-state index is 0.0462. The quantitative estimate of drug-likeness (QED) is 0.628. The molecule has 0 fully saturated rings. The van der Waals surface area contributed by atoms with Crippen molar-refractivity contribution in [3.63, 3.8) is 0 Å². The summed E-state index contributed by atoms with van der Waals surface area (Å²) in [6, 6.07) is 6.26. The number of aryl methyl sites for hydroxylation is 2. The van der Waals surface area contributed by atoms with Gasteiger partial charge in [-0.25, -0.2) is 0 Å². The maximum atomic E-state index is 11.4. The third-order valence-electron chi connectivity index (χ3n) is 2.13. The highest BCUT2D eigenvalue weighted by Crippen LogP contribution is 2.22. The molecule has 0 heterocycles. The van der Waals surface area contributed by atoms with Crippen LogP contribution in [-0.4, -0.2) is 18.2 Å². The van der Waals surface area contributed by atoms with Crippen LogP contribution in [0, 0.1) is 13.8 Å². The summed E-state index contributed by atoms with van der Waals surface area (Å²) in [5.41, 5.74) is 2.47. The lowest BCUT2D eigenvalue weighted by Crippen LogP contribution is -2.24. The Morgan fingerprint density at radius 2 is 2.25 bits per heavy atom. The van der Waals surface area contributed by atoms with Crippen molar-refractivity contribution >= 4 is 17.7 Å². The van der Waals surface area contributed by atoms with E-state index in [1.165, 1.54) is 16.0 Å². The lowest BCUT2D eigenvalue weighted by Gasteiger charge is -2.06. The molecule has 0 aliphatic rings. The van der Waals surface area contributed by atoms with Crippen LogP contribution < -0.4 is 5.32 Å². The highest BCUT2D eigenvalue weighted by atomic mass is 32.2. The van der Waals surface area contributed by atoms with Crippen molar-refractivity contribution in [3.8, 4) is 0 Å². The van der Waals surface area contributed by atoms with E-state index in [0.29, 0.717) is 12.3 Å². The summed E-state index contributed by atoms with van der Waals surface area (Å²) in [7, 11) is 0. The number of carbonyl (C=O) groups is 1. The van der Waals surface area contributed by atoms with Gasteiger partial charge in [0.2, 0.25) is 5.91 Å². The van der Waals surface area contributed by atoms with Crippen LogP contribution in [0.15, 0.2) is 35.7 Å². The van der Waals surface area contributed by atoms with E-state index in [-0.39, 0.29) is 5.91 Å². The maximum absolute atomic E-state index is 11.4. The molecule has 0 radical (unpaired) electrons. The van der Waals surface area contributed by atoms with Crippen molar-refractivity contribution in [3.05, 3.63) is 42.0 Å². The second-order valence-corrected chi connectivity index (χ2v) is 4.67. The Morgan fingerprint density at radius 1 is 1.50 bits per heavy atom. The van der Waals surface area contributed by atoms with Gasteiger partial charge in [0.15, 0.2) is 0 Å². The third-order valence-corrected chi connectivity index (χ3v) is 3.31. The van der Waals surface area contributed by atoms with E-state index in [1.54, 1.807) is 17.8 Å². The number of hydrogen-bond acceptors (Lipinski definition) is 2. The summed E-state index contributed by atoms with van der Waals surface area (Å²) in [4.78, 5) is 12.5. The van der Waals surface area contributed by atoms with Gasteiger partial charge in [-0.05, 0) is 25.5 Å². The van der Waals surface area contributed by atoms with Crippen molar-refractivity contribution in [2.24, 2.45) is 0 Å². The summed E-state index contributed by atoms with van der Waals surface area (Å²) in [6.07, 6.45) is 1.68. The minimum absolute atomic E-state index is 0.0462. The zero-order chi connectivity index (χ0) is 12.0. The van der Waals surface area contributed by atoms with Crippen LogP contribution >= 0.6 is 11.8 Å². The number of benzene rings is 1. The standard InChI is InChI=1S/C13H17NOS/c1-4-7-14-13(15)9-16-12-6-5-10(2)8-11(12)3/h4-6,8H,1,7,9H2,2-3H3,(H,14,15). The van der Waals surface area contributed by atoms with E-state index >= 15 is 0 Å². The molecule has 1 aromatic carbocycles. The first-order chi connectivity index (χ1) is 7.63. The Bertz CT molecular complexity index is 388. The van der Waals surface area contributed by atoms with Gasteiger partial charge in [0.1, 0.15) is 0 Å². The Balaban J connectivity index is 2.48. The molecule has 1 N–H and O–H groups in total. The number of nitrogens with one attached hydrogen (secondary N) is 1. The predicted molar refractivity (Wildman–Crippen MR) is 69.8 cm³/mol. The lowest BCUT2D eigenvalue weighted by atomic mass is 10.2. The number of rotatable bonds is 5. The van der Waals surface area contributed by atoms with Gasteiger partial charge in [-0.2, -0.15) is 0 Å². The van der Waals surface area contributed by atoms with Crippen molar-refractivity contribution in [1.29, 1.82) is 0 Å². The van der Waals surface area contributed by atoms with E-state index in [2.05, 4.69) is 43.9 Å². The monoisotopic (exact) mass is 235 g/mol. The SMILES string of the molecule is C=CCNC(=O)CSc1ccc(C)cc1C. The van der Waals surface area contributed by atoms with Gasteiger partial charge in [-0.15, -0.1) is 18.3 Å². The molecule has 0 aliphatic carbocycles. The molecule has 86 valence electrons. The number of amides is 1. The van der Waals surface area contributed by atoms with E-state index in [1.807, 2.05) is 0 Å². The van der Waals surface area contributed by atoms with Gasteiger partial charge in [-0.3, -0.25) is 4.79 Å². The summed E-state index contributed by atoms with van der Waals surface area (Å²) < 4.78 is 0. The van der Waals surface area contributed by atoms with Crippen molar-refractivity contribution in [2.45, 2.75) is 18.7 Å². The number of thioether (sulfide) groups is 1. The third kappa shape index (κ3) is 4.11. The molecule has 1 rings (SSSR count). The van der Waals surface area contributed by atoms with Crippen molar-refractivity contribution < 1.29 is 4.79 Å².